The minimum Gasteiger partial charge on any atom is -0.206 e. The number of fused-ring (bicyclic) bond motifs is 11. The largest absolute Gasteiger partial charge is 0.221 e. The number of pyridine rings is 4. The summed E-state index contributed by atoms with van der Waals surface area (Å²) in [6.45, 7) is 52.4. The van der Waals surface area contributed by atoms with E-state index in [1.807, 2.05) is 40.8 Å². The molecule has 3 aliphatic carbocycles. The van der Waals surface area contributed by atoms with Crippen molar-refractivity contribution in [1.82, 2.24) is 0 Å². The Bertz CT molecular complexity index is 6140. The van der Waals surface area contributed by atoms with Gasteiger partial charge in [0, 0.05) is 57.3 Å². The molecule has 0 spiro atoms. The Morgan fingerprint density at radius 2 is 0.766 bits per heavy atom. The van der Waals surface area contributed by atoms with Gasteiger partial charge in [0.2, 0.25) is 22.8 Å². The van der Waals surface area contributed by atoms with Crippen LogP contribution in [0.15, 0.2) is 164 Å². The smallest absolute Gasteiger partial charge is 0.206 e. The fourth-order valence-electron chi connectivity index (χ4n) is 18.7. The van der Waals surface area contributed by atoms with Crippen LogP contribution in [0.3, 0.4) is 0 Å². The van der Waals surface area contributed by atoms with E-state index in [1.54, 1.807) is 11.1 Å². The molecule has 574 valence electrons. The zero-order valence-electron chi connectivity index (χ0n) is 76.6. The molecule has 9 aromatic carbocycles. The molecule has 4 nitrogen and oxygen atoms in total. The Morgan fingerprint density at radius 1 is 0.369 bits per heavy atom. The SMILES string of the molecule is [2H]c1c(C)[n+](C)c(-c2cc(C)c(F)c(C)c2C)c2ccc(CC(C)(C)C)cc12.[2H]c1c(C)[n+](C)c(-c2cc3c(cc2C)C2CCC3C2)c2ccc(CC(C)(C)C)cc12.[2H]c1c(C)[n+](C)c(-c2cc3ccccc3cc2C)c2ccc(CC(C)(C)C)cc12.[2H]c1c(C)[n+](C)c2c3c(cc(CC(C)(C)C)cc13)C(C)(C)c1cccc(C)c1-2. The van der Waals surface area contributed by atoms with E-state index in [1.165, 1.54) is 125 Å². The Labute approximate surface area is 671 Å². The predicted molar refractivity (Wildman–Crippen MR) is 471 cm³/mol. The van der Waals surface area contributed by atoms with Crippen LogP contribution in [-0.4, -0.2) is 0 Å². The minimum atomic E-state index is -0.130. The van der Waals surface area contributed by atoms with E-state index in [0.29, 0.717) is 35.3 Å². The van der Waals surface area contributed by atoms with Crippen LogP contribution >= 0.6 is 0 Å². The number of rotatable bonds is 7. The van der Waals surface area contributed by atoms with Crippen LogP contribution < -0.4 is 18.3 Å². The molecule has 1 fully saturated rings. The molecule has 2 atom stereocenters. The highest BCUT2D eigenvalue weighted by Gasteiger charge is 2.41. The fraction of sp³-hybridized carbons (Fsp3) is 0.396. The number of nitrogens with zero attached hydrogens (tertiary/aromatic N) is 4. The number of benzene rings is 9. The van der Waals surface area contributed by atoms with Gasteiger partial charge in [-0.05, 0) is 267 Å². The molecule has 0 aliphatic heterocycles. The summed E-state index contributed by atoms with van der Waals surface area (Å²) in [6, 6.07) is 53.9. The van der Waals surface area contributed by atoms with Crippen LogP contribution in [0.2, 0.25) is 0 Å². The van der Waals surface area contributed by atoms with Crippen LogP contribution in [0.1, 0.15) is 234 Å². The standard InChI is InChI=1S/C28H34N.C27H30N.C26H32N.C25H31FN/c1-17-11-25-20-8-9-21(14-20)26(25)15-24(17)27-23-10-7-19(16-28(3,4)5)13-22(23)12-18(2)29(27)6;1-18-13-21-9-7-8-10-22(21)16-25(18)26-24-12-11-20(17-27(3,4)5)15-23(24)14-19(2)28(26)6;1-16-10-9-11-20-22(16)24-23-19(12-17(2)27(24)8)13-18(15-25(3,4)5)14-21(23)26(20,6)7;1-15-11-22(17(3)18(4)23(15)26)24-21-10-9-19(14-25(5,6)7)13-20(21)12-16(2)27(24)8/h7,10-13,15,20-21H,8-9,14,16H2,1-6H3;7-16H,17H2,1-6H3;9-14H,15H2,1-8H3;9-13H,14H2,1-8H3/q4*+1/i12D;14D;2*12D. The van der Waals surface area contributed by atoms with Crippen molar-refractivity contribution < 1.29 is 28.1 Å². The van der Waals surface area contributed by atoms with E-state index < -0.39 is 0 Å². The third-order valence-corrected chi connectivity index (χ3v) is 24.5. The molecule has 111 heavy (non-hydrogen) atoms. The molecule has 16 rings (SSSR count). The first-order valence-corrected chi connectivity index (χ1v) is 40.9. The molecule has 0 saturated heterocycles. The molecule has 4 aromatic heterocycles. The molecular weight excluding hydrogens is 1350 g/mol. The zero-order chi connectivity index (χ0) is 83.8. The summed E-state index contributed by atoms with van der Waals surface area (Å²) in [5.41, 5.74) is 31.9. The first-order chi connectivity index (χ1) is 53.6. The number of halogens is 1. The summed E-state index contributed by atoms with van der Waals surface area (Å²) in [4.78, 5) is 0. The van der Waals surface area contributed by atoms with Crippen molar-refractivity contribution >= 4 is 53.9 Å². The van der Waals surface area contributed by atoms with Gasteiger partial charge in [0.15, 0.2) is 22.8 Å². The lowest BCUT2D eigenvalue weighted by molar-refractivity contribution is -0.665. The second kappa shape index (κ2) is 29.7. The Hall–Kier alpha value is -9.19. The number of hydrogen-bond donors (Lipinski definition) is 0. The van der Waals surface area contributed by atoms with Gasteiger partial charge in [-0.1, -0.05) is 200 Å². The summed E-state index contributed by atoms with van der Waals surface area (Å²) in [6.07, 6.45) is 8.09. The number of aromatic nitrogens is 4. The average molecular weight is 1480 g/mol. The number of aryl methyl sites for hydroxylation is 4. The highest BCUT2D eigenvalue weighted by Crippen LogP contribution is 2.55. The summed E-state index contributed by atoms with van der Waals surface area (Å²) in [5.74, 6) is 1.42. The van der Waals surface area contributed by atoms with Gasteiger partial charge in [-0.3, -0.25) is 0 Å². The topological polar surface area (TPSA) is 15.5 Å². The molecular formula is C106H127FN4+4. The molecule has 0 amide bonds. The van der Waals surface area contributed by atoms with Crippen LogP contribution in [0.5, 0.6) is 0 Å². The average Bonchev–Trinajstić information content (AvgIpc) is 1.19. The van der Waals surface area contributed by atoms with E-state index >= 15 is 0 Å². The maximum atomic E-state index is 14.4. The van der Waals surface area contributed by atoms with E-state index in [9.17, 15) is 4.39 Å². The molecule has 3 aliphatic rings. The monoisotopic (exact) mass is 1480 g/mol. The second-order valence-electron chi connectivity index (χ2n) is 39.1. The van der Waals surface area contributed by atoms with Gasteiger partial charge in [-0.15, -0.1) is 0 Å². The normalized spacial score (nSPS) is 15.5. The quantitative estimate of drug-likeness (QED) is 0.141. The fourth-order valence-corrected chi connectivity index (χ4v) is 18.7. The molecule has 2 bridgehead atoms. The van der Waals surface area contributed by atoms with Gasteiger partial charge in [0.25, 0.3) is 0 Å². The van der Waals surface area contributed by atoms with Gasteiger partial charge in [-0.25, -0.2) is 4.39 Å². The Balaban J connectivity index is 0.000000134. The maximum absolute atomic E-state index is 14.4. The Morgan fingerprint density at radius 3 is 1.23 bits per heavy atom. The van der Waals surface area contributed by atoms with Gasteiger partial charge < -0.3 is 0 Å². The second-order valence-corrected chi connectivity index (χ2v) is 39.1. The first-order valence-electron chi connectivity index (χ1n) is 42.9. The van der Waals surface area contributed by atoms with Gasteiger partial charge >= 0.3 is 0 Å². The molecule has 5 heteroatoms. The van der Waals surface area contributed by atoms with Crippen molar-refractivity contribution in [2.45, 2.75) is 228 Å². The van der Waals surface area contributed by atoms with Crippen molar-refractivity contribution in [2.24, 2.45) is 49.9 Å². The van der Waals surface area contributed by atoms with Crippen molar-refractivity contribution in [3.05, 3.63) is 270 Å². The lowest BCUT2D eigenvalue weighted by Crippen LogP contribution is -2.38. The third kappa shape index (κ3) is 16.0. The molecule has 13 aromatic rings. The van der Waals surface area contributed by atoms with E-state index in [0.717, 1.165) is 109 Å². The summed E-state index contributed by atoms with van der Waals surface area (Å²) in [7, 11) is 8.33. The van der Waals surface area contributed by atoms with Crippen molar-refractivity contribution in [2.75, 3.05) is 0 Å². The Kier molecular flexibility index (Phi) is 20.0. The lowest BCUT2D eigenvalue weighted by atomic mass is 9.68. The van der Waals surface area contributed by atoms with Crippen LogP contribution in [0, 0.1) is 96.7 Å². The van der Waals surface area contributed by atoms with Crippen molar-refractivity contribution in [1.29, 1.82) is 0 Å². The third-order valence-electron chi connectivity index (χ3n) is 24.5. The molecule has 2 unspecified atom stereocenters. The minimum absolute atomic E-state index is 0.0881. The maximum Gasteiger partial charge on any atom is 0.221 e. The van der Waals surface area contributed by atoms with E-state index in [2.05, 4.69) is 311 Å². The van der Waals surface area contributed by atoms with Crippen molar-refractivity contribution in [3.63, 3.8) is 0 Å². The first kappa shape index (κ1) is 74.5. The van der Waals surface area contributed by atoms with Gasteiger partial charge in [0.05, 0.1) is 49.3 Å². The molecule has 4 heterocycles. The molecule has 0 N–H and O–H groups in total. The van der Waals surface area contributed by atoms with Gasteiger partial charge in [-0.2, -0.15) is 18.3 Å². The summed E-state index contributed by atoms with van der Waals surface area (Å²) < 4.78 is 58.4. The van der Waals surface area contributed by atoms with E-state index in [-0.39, 0.29) is 32.9 Å². The number of hydrogen-bond acceptors (Lipinski definition) is 0. The van der Waals surface area contributed by atoms with E-state index in [4.69, 9.17) is 5.48 Å². The summed E-state index contributed by atoms with van der Waals surface area (Å²) in [5, 5.41) is 11.4. The summed E-state index contributed by atoms with van der Waals surface area (Å²) >= 11 is 0. The van der Waals surface area contributed by atoms with Crippen LogP contribution in [0.4, 0.5) is 4.39 Å². The zero-order valence-corrected chi connectivity index (χ0v) is 72.6. The lowest BCUT2D eigenvalue weighted by Gasteiger charge is -2.35. The highest BCUT2D eigenvalue weighted by molar-refractivity contribution is 6.02. The van der Waals surface area contributed by atoms with Crippen LogP contribution in [-0.2, 0) is 59.3 Å². The van der Waals surface area contributed by atoms with Gasteiger partial charge in [0.1, 0.15) is 34.0 Å². The molecule has 1 saturated carbocycles. The van der Waals surface area contributed by atoms with Crippen LogP contribution in [0.25, 0.3) is 98.9 Å². The highest BCUT2D eigenvalue weighted by atomic mass is 19.1. The predicted octanol–water partition coefficient (Wildman–Crippen LogP) is 26.1. The van der Waals surface area contributed by atoms with Crippen molar-refractivity contribution in [3.8, 4) is 45.0 Å². The molecule has 0 radical (unpaired) electrons.